The third-order valence-corrected chi connectivity index (χ3v) is 2.58. The topological polar surface area (TPSA) is 28.2 Å². The molecule has 18 heavy (non-hydrogen) atoms. The molecule has 1 fully saturated rings. The maximum Gasteiger partial charge on any atom is 0.128 e. The average molecular weight is 251 g/mol. The number of pyridine rings is 1. The van der Waals surface area contributed by atoms with E-state index in [1.54, 1.807) is 0 Å². The van der Waals surface area contributed by atoms with Crippen molar-refractivity contribution in [3.8, 4) is 0 Å². The summed E-state index contributed by atoms with van der Waals surface area (Å²) in [5.74, 6) is 1.16. The molecule has 0 unspecified atom stereocenters. The maximum atomic E-state index is 4.60. The molecule has 1 N–H and O–H groups in total. The molecule has 2 rings (SSSR count). The molecule has 104 valence electrons. The summed E-state index contributed by atoms with van der Waals surface area (Å²) >= 11 is 0. The molecule has 0 saturated carbocycles. The number of hydrogen-bond acceptors (Lipinski definition) is 3. The van der Waals surface area contributed by atoms with Crippen LogP contribution in [0.15, 0.2) is 18.2 Å². The normalized spacial score (nSPS) is 13.3. The molecular weight excluding hydrogens is 222 g/mol. The first kappa shape index (κ1) is 16.9. The van der Waals surface area contributed by atoms with Crippen molar-refractivity contribution in [2.45, 2.75) is 40.0 Å². The van der Waals surface area contributed by atoms with Gasteiger partial charge in [-0.3, -0.25) is 0 Å². The van der Waals surface area contributed by atoms with E-state index in [1.165, 1.54) is 31.6 Å². The molecule has 0 spiro atoms. The van der Waals surface area contributed by atoms with Crippen LogP contribution >= 0.6 is 0 Å². The SMILES string of the molecule is CC.CCc1cccc(N2CCCC2)n1.CNC. The molecule has 3 nitrogen and oxygen atoms in total. The second-order valence-electron chi connectivity index (χ2n) is 4.03. The van der Waals surface area contributed by atoms with Gasteiger partial charge in [-0.25, -0.2) is 4.98 Å². The van der Waals surface area contributed by atoms with Gasteiger partial charge in [0.15, 0.2) is 0 Å². The highest BCUT2D eigenvalue weighted by Crippen LogP contribution is 2.17. The monoisotopic (exact) mass is 251 g/mol. The molecule has 1 aliphatic heterocycles. The number of anilines is 1. The molecule has 1 aliphatic rings. The minimum atomic E-state index is 1.03. The lowest BCUT2D eigenvalue weighted by Gasteiger charge is -2.16. The molecule has 1 aromatic rings. The zero-order chi connectivity index (χ0) is 13.8. The van der Waals surface area contributed by atoms with Crippen molar-refractivity contribution in [3.05, 3.63) is 23.9 Å². The fourth-order valence-electron chi connectivity index (χ4n) is 1.79. The Morgan fingerprint density at radius 2 is 1.72 bits per heavy atom. The van der Waals surface area contributed by atoms with E-state index >= 15 is 0 Å². The van der Waals surface area contributed by atoms with Crippen molar-refractivity contribution in [1.82, 2.24) is 10.3 Å². The van der Waals surface area contributed by atoms with Crippen molar-refractivity contribution in [1.29, 1.82) is 0 Å². The number of nitrogens with zero attached hydrogens (tertiary/aromatic N) is 2. The number of nitrogens with one attached hydrogen (secondary N) is 1. The molecule has 0 bridgehead atoms. The molecule has 2 heterocycles. The van der Waals surface area contributed by atoms with Crippen LogP contribution in [0.5, 0.6) is 0 Å². The molecule has 0 amide bonds. The summed E-state index contributed by atoms with van der Waals surface area (Å²) in [6, 6.07) is 6.32. The number of rotatable bonds is 2. The largest absolute Gasteiger partial charge is 0.357 e. The Hall–Kier alpha value is -1.09. The van der Waals surface area contributed by atoms with Crippen LogP contribution in [-0.4, -0.2) is 32.2 Å². The van der Waals surface area contributed by atoms with Crippen LogP contribution in [0.1, 0.15) is 39.3 Å². The number of aryl methyl sites for hydroxylation is 1. The lowest BCUT2D eigenvalue weighted by atomic mass is 10.3. The minimum Gasteiger partial charge on any atom is -0.357 e. The Labute approximate surface area is 113 Å². The highest BCUT2D eigenvalue weighted by molar-refractivity contribution is 5.40. The molecule has 0 atom stereocenters. The maximum absolute atomic E-state index is 4.60. The van der Waals surface area contributed by atoms with Gasteiger partial charge in [0.1, 0.15) is 5.82 Å². The van der Waals surface area contributed by atoms with Gasteiger partial charge in [0.25, 0.3) is 0 Å². The molecule has 0 aromatic carbocycles. The third kappa shape index (κ3) is 6.01. The van der Waals surface area contributed by atoms with Crippen LogP contribution in [0.25, 0.3) is 0 Å². The van der Waals surface area contributed by atoms with Gasteiger partial charge in [-0.1, -0.05) is 26.8 Å². The number of hydrogen-bond donors (Lipinski definition) is 1. The first-order valence-electron chi connectivity index (χ1n) is 7.11. The van der Waals surface area contributed by atoms with Gasteiger partial charge >= 0.3 is 0 Å². The van der Waals surface area contributed by atoms with Crippen LogP contribution < -0.4 is 10.2 Å². The van der Waals surface area contributed by atoms with E-state index in [0.29, 0.717) is 0 Å². The highest BCUT2D eigenvalue weighted by Gasteiger charge is 2.12. The summed E-state index contributed by atoms with van der Waals surface area (Å²) < 4.78 is 0. The number of aromatic nitrogens is 1. The predicted molar refractivity (Wildman–Crippen MR) is 81.4 cm³/mol. The van der Waals surface area contributed by atoms with Crippen molar-refractivity contribution in [2.75, 3.05) is 32.1 Å². The first-order valence-corrected chi connectivity index (χ1v) is 7.11. The van der Waals surface area contributed by atoms with Crippen LogP contribution in [0.3, 0.4) is 0 Å². The Morgan fingerprint density at radius 1 is 1.17 bits per heavy atom. The van der Waals surface area contributed by atoms with Gasteiger partial charge in [0.2, 0.25) is 0 Å². The zero-order valence-corrected chi connectivity index (χ0v) is 12.7. The fraction of sp³-hybridized carbons (Fsp3) is 0.667. The molecule has 0 radical (unpaired) electrons. The van der Waals surface area contributed by atoms with E-state index in [4.69, 9.17) is 0 Å². The Balaban J connectivity index is 0.000000509. The third-order valence-electron chi connectivity index (χ3n) is 2.58. The van der Waals surface area contributed by atoms with Crippen LogP contribution in [0, 0.1) is 0 Å². The summed E-state index contributed by atoms with van der Waals surface area (Å²) in [4.78, 5) is 6.97. The van der Waals surface area contributed by atoms with Crippen molar-refractivity contribution in [2.24, 2.45) is 0 Å². The molecule has 1 aromatic heterocycles. The van der Waals surface area contributed by atoms with Gasteiger partial charge in [-0.05, 0) is 45.5 Å². The molecule has 3 heteroatoms. The van der Waals surface area contributed by atoms with E-state index in [1.807, 2.05) is 27.9 Å². The van der Waals surface area contributed by atoms with E-state index in [9.17, 15) is 0 Å². The highest BCUT2D eigenvalue weighted by atomic mass is 15.2. The van der Waals surface area contributed by atoms with Gasteiger partial charge in [-0.15, -0.1) is 0 Å². The van der Waals surface area contributed by atoms with Gasteiger partial charge in [0, 0.05) is 18.8 Å². The van der Waals surface area contributed by atoms with E-state index < -0.39 is 0 Å². The molecule has 1 saturated heterocycles. The predicted octanol–water partition coefficient (Wildman–Crippen LogP) is 3.11. The Morgan fingerprint density at radius 3 is 2.22 bits per heavy atom. The van der Waals surface area contributed by atoms with Crippen LogP contribution in [-0.2, 0) is 6.42 Å². The van der Waals surface area contributed by atoms with Crippen molar-refractivity contribution in [3.63, 3.8) is 0 Å². The van der Waals surface area contributed by atoms with Crippen LogP contribution in [0.4, 0.5) is 5.82 Å². The first-order chi connectivity index (χ1) is 8.81. The lowest BCUT2D eigenvalue weighted by molar-refractivity contribution is 0.914. The standard InChI is InChI=1S/C11H16N2.C2H7N.C2H6/c1-2-10-6-5-7-11(12-10)13-8-3-4-9-13;1-3-2;1-2/h5-7H,2-4,8-9H2,1H3;3H,1-2H3;1-2H3. The summed E-state index contributed by atoms with van der Waals surface area (Å²) in [6.07, 6.45) is 3.66. The molecular formula is C15H29N3. The quantitative estimate of drug-likeness (QED) is 0.875. The van der Waals surface area contributed by atoms with Crippen molar-refractivity contribution < 1.29 is 0 Å². The summed E-state index contributed by atoms with van der Waals surface area (Å²) in [6.45, 7) is 8.51. The Bertz CT molecular complexity index is 294. The van der Waals surface area contributed by atoms with E-state index in [0.717, 1.165) is 12.2 Å². The summed E-state index contributed by atoms with van der Waals surface area (Å²) in [7, 11) is 3.75. The lowest BCUT2D eigenvalue weighted by Crippen LogP contribution is -2.19. The minimum absolute atomic E-state index is 1.03. The second-order valence-corrected chi connectivity index (χ2v) is 4.03. The smallest absolute Gasteiger partial charge is 0.128 e. The fourth-order valence-corrected chi connectivity index (χ4v) is 1.79. The average Bonchev–Trinajstić information content (AvgIpc) is 2.96. The van der Waals surface area contributed by atoms with E-state index in [2.05, 4.69) is 40.3 Å². The van der Waals surface area contributed by atoms with Crippen LogP contribution in [0.2, 0.25) is 0 Å². The van der Waals surface area contributed by atoms with Gasteiger partial charge in [-0.2, -0.15) is 0 Å². The molecule has 0 aliphatic carbocycles. The van der Waals surface area contributed by atoms with E-state index in [-0.39, 0.29) is 0 Å². The summed E-state index contributed by atoms with van der Waals surface area (Å²) in [5, 5.41) is 2.75. The summed E-state index contributed by atoms with van der Waals surface area (Å²) in [5.41, 5.74) is 1.20. The van der Waals surface area contributed by atoms with Crippen molar-refractivity contribution >= 4 is 5.82 Å². The van der Waals surface area contributed by atoms with Gasteiger partial charge < -0.3 is 10.2 Å². The van der Waals surface area contributed by atoms with Gasteiger partial charge in [0.05, 0.1) is 0 Å². The zero-order valence-electron chi connectivity index (χ0n) is 12.7. The second kappa shape index (κ2) is 11.0. The Kier molecular flexibility index (Phi) is 10.4.